The Balaban J connectivity index is 0.00000560. The predicted molar refractivity (Wildman–Crippen MR) is 144 cm³/mol. The summed E-state index contributed by atoms with van der Waals surface area (Å²) in [7, 11) is 1.47. The summed E-state index contributed by atoms with van der Waals surface area (Å²) in [6.45, 7) is 3.58. The van der Waals surface area contributed by atoms with Gasteiger partial charge in [0.1, 0.15) is 17.5 Å². The molecule has 8 nitrogen and oxygen atoms in total. The fraction of sp³-hybridized carbons (Fsp3) is 0.393. The summed E-state index contributed by atoms with van der Waals surface area (Å²) in [6.07, 6.45) is -2.55. The molecule has 0 fully saturated rings. The number of aliphatic hydroxyl groups excluding tert-OH is 2. The number of halogens is 3. The van der Waals surface area contributed by atoms with Crippen LogP contribution in [0.2, 0.25) is 0 Å². The standard InChI is InChI=1S/C28H32F3N3O5.Na.H/c1-16(2)26-24(11-10-21(35)13-22(36)14-25(37)38)34(20-8-6-18(29)7-9-20)32-27(26)28(39)33(3)15-17-4-5-19(30)12-23(17)31;;/h4-9,12,16,21-22,35-36H,10-11,13-15H2,1-3H3,(H,37,38);;/t21-,22-;;/m1../s1. The number of amides is 1. The third kappa shape index (κ3) is 8.65. The molecule has 1 aromatic heterocycles. The maximum absolute atomic E-state index is 14.2. The maximum atomic E-state index is 14.2. The average molecular weight is 572 g/mol. The van der Waals surface area contributed by atoms with Gasteiger partial charge in [0.2, 0.25) is 0 Å². The van der Waals surface area contributed by atoms with Crippen molar-refractivity contribution in [2.75, 3.05) is 7.05 Å². The van der Waals surface area contributed by atoms with Gasteiger partial charge in [-0.2, -0.15) is 5.10 Å². The second kappa shape index (κ2) is 14.8. The van der Waals surface area contributed by atoms with E-state index in [1.807, 2.05) is 13.8 Å². The number of carbonyl (C=O) groups excluding carboxylic acids is 1. The average Bonchev–Trinajstić information content (AvgIpc) is 3.23. The van der Waals surface area contributed by atoms with Gasteiger partial charge in [0.25, 0.3) is 5.91 Å². The molecule has 0 aliphatic carbocycles. The molecule has 1 heterocycles. The van der Waals surface area contributed by atoms with E-state index in [0.717, 1.165) is 12.1 Å². The zero-order chi connectivity index (χ0) is 28.9. The van der Waals surface area contributed by atoms with E-state index in [0.29, 0.717) is 16.9 Å². The second-order valence-corrected chi connectivity index (χ2v) is 9.83. The molecule has 0 aliphatic heterocycles. The number of aromatic nitrogens is 2. The zero-order valence-electron chi connectivity index (χ0n) is 21.9. The Morgan fingerprint density at radius 2 is 1.62 bits per heavy atom. The van der Waals surface area contributed by atoms with Crippen molar-refractivity contribution in [3.8, 4) is 5.69 Å². The van der Waals surface area contributed by atoms with Crippen molar-refractivity contribution in [1.29, 1.82) is 0 Å². The molecule has 40 heavy (non-hydrogen) atoms. The van der Waals surface area contributed by atoms with E-state index in [9.17, 15) is 33.0 Å². The number of aliphatic hydroxyl groups is 2. The third-order valence-electron chi connectivity index (χ3n) is 6.31. The van der Waals surface area contributed by atoms with Gasteiger partial charge in [0.05, 0.1) is 24.3 Å². The number of benzene rings is 2. The van der Waals surface area contributed by atoms with Crippen LogP contribution in [0.25, 0.3) is 5.69 Å². The minimum absolute atomic E-state index is 0. The number of nitrogens with zero attached hydrogens (tertiary/aromatic N) is 3. The normalized spacial score (nSPS) is 12.6. The quantitative estimate of drug-likeness (QED) is 0.287. The van der Waals surface area contributed by atoms with Crippen LogP contribution in [0.3, 0.4) is 0 Å². The van der Waals surface area contributed by atoms with Crippen LogP contribution in [-0.4, -0.2) is 90.7 Å². The predicted octanol–water partition coefficient (Wildman–Crippen LogP) is 3.56. The number of rotatable bonds is 12. The monoisotopic (exact) mass is 571 g/mol. The molecule has 0 spiro atoms. The van der Waals surface area contributed by atoms with Gasteiger partial charge in [-0.3, -0.25) is 9.59 Å². The summed E-state index contributed by atoms with van der Waals surface area (Å²) in [5, 5.41) is 33.8. The molecular formula is C28H33F3N3NaO5. The topological polar surface area (TPSA) is 116 Å². The Hall–Kier alpha value is -2.70. The van der Waals surface area contributed by atoms with E-state index < -0.39 is 48.0 Å². The minimum atomic E-state index is -1.22. The molecule has 0 saturated carbocycles. The van der Waals surface area contributed by atoms with Gasteiger partial charge < -0.3 is 20.2 Å². The van der Waals surface area contributed by atoms with Gasteiger partial charge in [-0.1, -0.05) is 19.9 Å². The Morgan fingerprint density at radius 3 is 2.20 bits per heavy atom. The van der Waals surface area contributed by atoms with Crippen LogP contribution < -0.4 is 0 Å². The number of hydrogen-bond donors (Lipinski definition) is 3. The van der Waals surface area contributed by atoms with Gasteiger partial charge in [-0.15, -0.1) is 0 Å². The van der Waals surface area contributed by atoms with Crippen molar-refractivity contribution in [3.05, 3.63) is 82.4 Å². The van der Waals surface area contributed by atoms with Crippen LogP contribution in [-0.2, 0) is 17.8 Å². The molecule has 0 saturated heterocycles. The van der Waals surface area contributed by atoms with Crippen molar-refractivity contribution in [1.82, 2.24) is 14.7 Å². The number of aliphatic carboxylic acids is 1. The molecule has 3 N–H and O–H groups in total. The first-order valence-corrected chi connectivity index (χ1v) is 12.5. The molecule has 0 aliphatic rings. The Bertz CT molecular complexity index is 1320. The summed E-state index contributed by atoms with van der Waals surface area (Å²) in [4.78, 5) is 25.6. The Kier molecular flexibility index (Phi) is 12.4. The molecule has 3 rings (SSSR count). The van der Waals surface area contributed by atoms with Gasteiger partial charge in [-0.05, 0) is 55.5 Å². The number of carboxylic acids is 1. The van der Waals surface area contributed by atoms with Gasteiger partial charge in [0, 0.05) is 36.5 Å². The van der Waals surface area contributed by atoms with Crippen molar-refractivity contribution in [3.63, 3.8) is 0 Å². The molecular weight excluding hydrogens is 538 g/mol. The zero-order valence-corrected chi connectivity index (χ0v) is 21.9. The second-order valence-electron chi connectivity index (χ2n) is 9.83. The Labute approximate surface area is 252 Å². The first kappa shape index (κ1) is 33.5. The fourth-order valence-electron chi connectivity index (χ4n) is 4.44. The number of carboxylic acid groups (broad SMARTS) is 1. The Morgan fingerprint density at radius 1 is 1.00 bits per heavy atom. The molecule has 212 valence electrons. The summed E-state index contributed by atoms with van der Waals surface area (Å²) in [5.74, 6) is -3.88. The summed E-state index contributed by atoms with van der Waals surface area (Å²) in [5.41, 5.74) is 1.84. The summed E-state index contributed by atoms with van der Waals surface area (Å²) >= 11 is 0. The van der Waals surface area contributed by atoms with E-state index in [2.05, 4.69) is 5.10 Å². The molecule has 1 amide bonds. The van der Waals surface area contributed by atoms with Crippen molar-refractivity contribution in [2.45, 2.75) is 64.2 Å². The molecule has 0 bridgehead atoms. The van der Waals surface area contributed by atoms with E-state index in [1.54, 1.807) is 0 Å². The molecule has 3 aromatic rings. The first-order valence-electron chi connectivity index (χ1n) is 12.5. The van der Waals surface area contributed by atoms with Crippen LogP contribution >= 0.6 is 0 Å². The van der Waals surface area contributed by atoms with Crippen LogP contribution in [0.15, 0.2) is 42.5 Å². The fourth-order valence-corrected chi connectivity index (χ4v) is 4.44. The van der Waals surface area contributed by atoms with Crippen molar-refractivity contribution < 1.29 is 38.1 Å². The molecule has 2 aromatic carbocycles. The van der Waals surface area contributed by atoms with Crippen molar-refractivity contribution >= 4 is 41.4 Å². The summed E-state index contributed by atoms with van der Waals surface area (Å²) in [6, 6.07) is 8.60. The van der Waals surface area contributed by atoms with Crippen LogP contribution in [0.1, 0.15) is 66.3 Å². The SMILES string of the molecule is CC(C)c1c(C(=O)N(C)Cc2ccc(F)cc2F)nn(-c2ccc(F)cc2)c1CC[C@@H](O)C[C@@H](O)CC(=O)O.[NaH]. The first-order chi connectivity index (χ1) is 18.4. The molecule has 12 heteroatoms. The van der Waals surface area contributed by atoms with Crippen LogP contribution in [0, 0.1) is 17.5 Å². The third-order valence-corrected chi connectivity index (χ3v) is 6.31. The molecule has 2 atom stereocenters. The van der Waals surface area contributed by atoms with Gasteiger partial charge >= 0.3 is 35.5 Å². The molecule has 0 radical (unpaired) electrons. The van der Waals surface area contributed by atoms with Gasteiger partial charge in [0.15, 0.2) is 5.69 Å². The van der Waals surface area contributed by atoms with Crippen molar-refractivity contribution in [2.24, 2.45) is 0 Å². The summed E-state index contributed by atoms with van der Waals surface area (Å²) < 4.78 is 42.7. The van der Waals surface area contributed by atoms with Gasteiger partial charge in [-0.25, -0.2) is 17.9 Å². The number of hydrogen-bond acceptors (Lipinski definition) is 5. The van der Waals surface area contributed by atoms with E-state index in [-0.39, 0.29) is 72.5 Å². The number of carbonyl (C=O) groups is 2. The van der Waals surface area contributed by atoms with E-state index >= 15 is 0 Å². The van der Waals surface area contributed by atoms with Crippen LogP contribution in [0.5, 0.6) is 0 Å². The van der Waals surface area contributed by atoms with E-state index in [4.69, 9.17) is 5.11 Å². The van der Waals surface area contributed by atoms with Crippen LogP contribution in [0.4, 0.5) is 13.2 Å². The molecule has 0 unspecified atom stereocenters. The van der Waals surface area contributed by atoms with E-state index in [1.165, 1.54) is 47.0 Å².